The number of hydrogen-bond acceptors (Lipinski definition) is 4. The van der Waals surface area contributed by atoms with Crippen LogP contribution in [0, 0.1) is 0 Å². The highest BCUT2D eigenvalue weighted by atomic mass is 32.1. The minimum atomic E-state index is -0.391. The number of ether oxygens (including phenoxy) is 3. The smallest absolute Gasteiger partial charge is 0.147 e. The van der Waals surface area contributed by atoms with Crippen molar-refractivity contribution in [1.82, 2.24) is 0 Å². The molecule has 0 aliphatic carbocycles. The van der Waals surface area contributed by atoms with Gasteiger partial charge in [0.15, 0.2) is 0 Å². The first-order valence-electron chi connectivity index (χ1n) is 7.49. The average molecular weight is 314 g/mol. The highest BCUT2D eigenvalue weighted by molar-refractivity contribution is 7.80. The Morgan fingerprint density at radius 1 is 1.09 bits per heavy atom. The molecule has 2 aliphatic heterocycles. The van der Waals surface area contributed by atoms with Gasteiger partial charge in [0.05, 0.1) is 19.8 Å². The molecular weight excluding hydrogens is 296 g/mol. The fourth-order valence-corrected chi connectivity index (χ4v) is 2.95. The third kappa shape index (κ3) is 2.79. The Bertz CT molecular complexity index is 639. The molecule has 22 heavy (non-hydrogen) atoms. The summed E-state index contributed by atoms with van der Waals surface area (Å²) in [5.41, 5.74) is 1.93. The van der Waals surface area contributed by atoms with Gasteiger partial charge in [0.2, 0.25) is 0 Å². The molecule has 2 saturated heterocycles. The maximum absolute atomic E-state index is 6.13. The largest absolute Gasteiger partial charge is 0.375 e. The van der Waals surface area contributed by atoms with E-state index < -0.39 is 5.60 Å². The van der Waals surface area contributed by atoms with E-state index in [2.05, 4.69) is 36.9 Å². The molecule has 2 aromatic carbocycles. The molecule has 2 heterocycles. The minimum absolute atomic E-state index is 0.0413. The molecule has 2 fully saturated rings. The van der Waals surface area contributed by atoms with Crippen molar-refractivity contribution < 1.29 is 14.2 Å². The lowest BCUT2D eigenvalue weighted by molar-refractivity contribution is 0.0671. The molecule has 0 amide bonds. The predicted octanol–water partition coefficient (Wildman–Crippen LogP) is 3.36. The second-order valence-electron chi connectivity index (χ2n) is 5.82. The molecule has 3 nitrogen and oxygen atoms in total. The van der Waals surface area contributed by atoms with E-state index in [4.69, 9.17) is 14.2 Å². The van der Waals surface area contributed by atoms with E-state index in [1.807, 2.05) is 30.3 Å². The summed E-state index contributed by atoms with van der Waals surface area (Å²) in [7, 11) is 0. The average Bonchev–Trinajstić information content (AvgIpc) is 3.45. The predicted molar refractivity (Wildman–Crippen MR) is 86.2 cm³/mol. The summed E-state index contributed by atoms with van der Waals surface area (Å²) in [5.74, 6) is 0. The van der Waals surface area contributed by atoms with Gasteiger partial charge < -0.3 is 14.2 Å². The fraction of sp³-hybridized carbons (Fsp3) is 0.333. The van der Waals surface area contributed by atoms with Gasteiger partial charge in [-0.05, 0) is 23.3 Å². The molecule has 2 aliphatic rings. The Morgan fingerprint density at radius 3 is 2.50 bits per heavy atom. The van der Waals surface area contributed by atoms with Crippen LogP contribution in [-0.4, -0.2) is 25.9 Å². The van der Waals surface area contributed by atoms with Gasteiger partial charge >= 0.3 is 0 Å². The van der Waals surface area contributed by atoms with E-state index in [9.17, 15) is 0 Å². The van der Waals surface area contributed by atoms with E-state index in [1.165, 1.54) is 5.56 Å². The van der Waals surface area contributed by atoms with Gasteiger partial charge in [-0.15, -0.1) is 12.6 Å². The minimum Gasteiger partial charge on any atom is -0.375 e. The van der Waals surface area contributed by atoms with Gasteiger partial charge in [-0.25, -0.2) is 0 Å². The van der Waals surface area contributed by atoms with Gasteiger partial charge in [0, 0.05) is 4.90 Å². The summed E-state index contributed by atoms with van der Waals surface area (Å²) in [6.07, 6.45) is 0.311. The lowest BCUT2D eigenvalue weighted by Crippen LogP contribution is -2.20. The van der Waals surface area contributed by atoms with Crippen molar-refractivity contribution in [2.45, 2.75) is 22.7 Å². The van der Waals surface area contributed by atoms with Crippen molar-refractivity contribution in [3.63, 3.8) is 0 Å². The van der Waals surface area contributed by atoms with Crippen LogP contribution in [0.3, 0.4) is 0 Å². The highest BCUT2D eigenvalue weighted by Gasteiger charge is 2.58. The SMILES string of the molecule is Sc1ccc(C2(COCC3CO3)OC2c2ccccc2)cc1. The molecule has 0 N–H and O–H groups in total. The molecule has 0 aromatic heterocycles. The van der Waals surface area contributed by atoms with Crippen LogP contribution in [0.25, 0.3) is 0 Å². The molecule has 0 spiro atoms. The third-order valence-corrected chi connectivity index (χ3v) is 4.47. The second kappa shape index (κ2) is 5.70. The van der Waals surface area contributed by atoms with Gasteiger partial charge in [-0.1, -0.05) is 42.5 Å². The maximum Gasteiger partial charge on any atom is 0.147 e. The molecule has 4 rings (SSSR count). The fourth-order valence-electron chi connectivity index (χ4n) is 2.80. The molecular formula is C18H18O3S. The summed E-state index contributed by atoms with van der Waals surface area (Å²) in [6.45, 7) is 1.99. The van der Waals surface area contributed by atoms with Crippen LogP contribution in [-0.2, 0) is 19.8 Å². The lowest BCUT2D eigenvalue weighted by atomic mass is 9.92. The molecule has 3 unspecified atom stereocenters. The Hall–Kier alpha value is -1.33. The second-order valence-corrected chi connectivity index (χ2v) is 6.33. The van der Waals surface area contributed by atoms with Crippen molar-refractivity contribution in [1.29, 1.82) is 0 Å². The number of hydrogen-bond donors (Lipinski definition) is 1. The summed E-state index contributed by atoms with van der Waals surface area (Å²) in [6, 6.07) is 18.4. The summed E-state index contributed by atoms with van der Waals surface area (Å²) >= 11 is 4.36. The normalized spacial score (nSPS) is 29.3. The van der Waals surface area contributed by atoms with Crippen LogP contribution < -0.4 is 0 Å². The zero-order chi connectivity index (χ0) is 15.0. The first-order valence-corrected chi connectivity index (χ1v) is 7.94. The zero-order valence-electron chi connectivity index (χ0n) is 12.1. The highest BCUT2D eigenvalue weighted by Crippen LogP contribution is 2.57. The first kappa shape index (κ1) is 14.3. The standard InChI is InChI=1S/C18H18O3S/c22-16-8-6-14(7-9-16)18(12-19-10-15-11-20-15)17(21-18)13-4-2-1-3-5-13/h1-9,15,17,22H,10-12H2. The summed E-state index contributed by atoms with van der Waals surface area (Å²) in [4.78, 5) is 0.947. The van der Waals surface area contributed by atoms with Gasteiger partial charge in [0.25, 0.3) is 0 Å². The first-order chi connectivity index (χ1) is 10.8. The number of benzene rings is 2. The van der Waals surface area contributed by atoms with E-state index in [1.54, 1.807) is 0 Å². The van der Waals surface area contributed by atoms with Crippen LogP contribution in [0.2, 0.25) is 0 Å². The van der Waals surface area contributed by atoms with Crippen molar-refractivity contribution in [3.8, 4) is 0 Å². The van der Waals surface area contributed by atoms with Crippen molar-refractivity contribution in [3.05, 3.63) is 65.7 Å². The van der Waals surface area contributed by atoms with Gasteiger partial charge in [0.1, 0.15) is 17.8 Å². The Morgan fingerprint density at radius 2 is 1.82 bits per heavy atom. The topological polar surface area (TPSA) is 34.3 Å². The van der Waals surface area contributed by atoms with E-state index in [0.29, 0.717) is 13.2 Å². The van der Waals surface area contributed by atoms with Crippen LogP contribution in [0.15, 0.2) is 59.5 Å². The van der Waals surface area contributed by atoms with Crippen LogP contribution in [0.1, 0.15) is 17.2 Å². The molecule has 0 saturated carbocycles. The van der Waals surface area contributed by atoms with Crippen molar-refractivity contribution >= 4 is 12.6 Å². The van der Waals surface area contributed by atoms with Crippen molar-refractivity contribution in [2.24, 2.45) is 0 Å². The molecule has 4 heteroatoms. The third-order valence-electron chi connectivity index (χ3n) is 4.18. The number of thiol groups is 1. The molecule has 3 atom stereocenters. The van der Waals surface area contributed by atoms with Gasteiger partial charge in [-0.2, -0.15) is 0 Å². The Balaban J connectivity index is 1.56. The van der Waals surface area contributed by atoms with E-state index >= 15 is 0 Å². The molecule has 0 bridgehead atoms. The van der Waals surface area contributed by atoms with E-state index in [0.717, 1.165) is 17.1 Å². The van der Waals surface area contributed by atoms with Crippen molar-refractivity contribution in [2.75, 3.05) is 19.8 Å². The monoisotopic (exact) mass is 314 g/mol. The summed E-state index contributed by atoms with van der Waals surface area (Å²) in [5, 5.41) is 0. The van der Waals surface area contributed by atoms with E-state index in [-0.39, 0.29) is 12.2 Å². The van der Waals surface area contributed by atoms with Gasteiger partial charge in [-0.3, -0.25) is 0 Å². The zero-order valence-corrected chi connectivity index (χ0v) is 13.0. The summed E-state index contributed by atoms with van der Waals surface area (Å²) < 4.78 is 17.2. The van der Waals surface area contributed by atoms with Crippen LogP contribution in [0.4, 0.5) is 0 Å². The van der Waals surface area contributed by atoms with Crippen LogP contribution >= 0.6 is 12.6 Å². The maximum atomic E-state index is 6.13. The lowest BCUT2D eigenvalue weighted by Gasteiger charge is -2.14. The molecule has 2 aromatic rings. The Labute approximate surface area is 135 Å². The molecule has 0 radical (unpaired) electrons. The number of rotatable bonds is 6. The quantitative estimate of drug-likeness (QED) is 0.656. The molecule has 114 valence electrons. The number of epoxide rings is 2. The Kier molecular flexibility index (Phi) is 3.70. The van der Waals surface area contributed by atoms with Crippen LogP contribution in [0.5, 0.6) is 0 Å².